The minimum Gasteiger partial charge on any atom is -0.494 e. The van der Waals surface area contributed by atoms with E-state index in [1.807, 2.05) is 42.5 Å². The molecule has 3 N–H and O–H groups in total. The van der Waals surface area contributed by atoms with Gasteiger partial charge in [-0.05, 0) is 48.2 Å². The molecule has 0 aliphatic rings. The number of rotatable bonds is 10. The minimum absolute atomic E-state index is 0.00915. The highest BCUT2D eigenvalue weighted by Gasteiger charge is 2.06. The standard InChI is InChI=1S/C22H23N5O4/c28-20(13-12-19-21(29)24-22(30)27-25-19)26-23-15-17-8-10-18(11-9-17)31-14-4-7-16-5-2-1-3-6-16/h1-3,5-6,8-11,15H,4,7,12-14H2,(H,26,28)(H2,24,27,29,30)/b23-15+. The Labute approximate surface area is 178 Å². The molecule has 0 saturated carbocycles. The van der Waals surface area contributed by atoms with Crippen molar-refractivity contribution in [2.75, 3.05) is 6.61 Å². The summed E-state index contributed by atoms with van der Waals surface area (Å²) in [6, 6.07) is 17.6. The van der Waals surface area contributed by atoms with Gasteiger partial charge in [0.05, 0.1) is 12.8 Å². The Kier molecular flexibility index (Phi) is 7.87. The van der Waals surface area contributed by atoms with Crippen LogP contribution < -0.4 is 21.4 Å². The lowest BCUT2D eigenvalue weighted by Gasteiger charge is -2.06. The summed E-state index contributed by atoms with van der Waals surface area (Å²) in [7, 11) is 0. The zero-order chi connectivity index (χ0) is 21.9. The summed E-state index contributed by atoms with van der Waals surface area (Å²) in [6.45, 7) is 0.630. The highest BCUT2D eigenvalue weighted by Crippen LogP contribution is 2.12. The maximum atomic E-state index is 11.8. The van der Waals surface area contributed by atoms with E-state index in [1.165, 1.54) is 11.8 Å². The van der Waals surface area contributed by atoms with Gasteiger partial charge in [0.25, 0.3) is 5.56 Å². The summed E-state index contributed by atoms with van der Waals surface area (Å²) in [5, 5.41) is 9.64. The van der Waals surface area contributed by atoms with Crippen LogP contribution in [-0.4, -0.2) is 33.9 Å². The molecule has 9 nitrogen and oxygen atoms in total. The number of nitrogens with zero attached hydrogens (tertiary/aromatic N) is 2. The molecule has 0 spiro atoms. The number of hydrogen-bond donors (Lipinski definition) is 3. The van der Waals surface area contributed by atoms with Gasteiger partial charge in [-0.15, -0.1) is 0 Å². The molecule has 9 heteroatoms. The average molecular weight is 421 g/mol. The van der Waals surface area contributed by atoms with Crippen molar-refractivity contribution >= 4 is 12.1 Å². The molecule has 31 heavy (non-hydrogen) atoms. The van der Waals surface area contributed by atoms with Gasteiger partial charge in [-0.25, -0.2) is 15.3 Å². The Bertz CT molecular complexity index is 1120. The maximum absolute atomic E-state index is 11.8. The number of aryl methyl sites for hydroxylation is 2. The highest BCUT2D eigenvalue weighted by molar-refractivity contribution is 5.82. The quantitative estimate of drug-likeness (QED) is 0.260. The molecular formula is C22H23N5O4. The fourth-order valence-corrected chi connectivity index (χ4v) is 2.77. The monoisotopic (exact) mass is 421 g/mol. The van der Waals surface area contributed by atoms with E-state index in [-0.39, 0.29) is 24.4 Å². The zero-order valence-electron chi connectivity index (χ0n) is 16.8. The van der Waals surface area contributed by atoms with Crippen molar-refractivity contribution in [2.45, 2.75) is 25.7 Å². The fourth-order valence-electron chi connectivity index (χ4n) is 2.77. The van der Waals surface area contributed by atoms with E-state index in [2.05, 4.69) is 37.8 Å². The summed E-state index contributed by atoms with van der Waals surface area (Å²) in [5.41, 5.74) is 3.27. The molecule has 1 heterocycles. The van der Waals surface area contributed by atoms with Crippen molar-refractivity contribution in [3.05, 3.63) is 92.3 Å². The smallest absolute Gasteiger partial charge is 0.342 e. The van der Waals surface area contributed by atoms with E-state index >= 15 is 0 Å². The molecule has 1 aromatic heterocycles. The Morgan fingerprint density at radius 1 is 1.06 bits per heavy atom. The molecule has 0 unspecified atom stereocenters. The molecule has 2 aromatic carbocycles. The molecule has 0 fully saturated rings. The third kappa shape index (κ3) is 7.39. The van der Waals surface area contributed by atoms with E-state index in [1.54, 1.807) is 0 Å². The summed E-state index contributed by atoms with van der Waals surface area (Å²) in [6.07, 6.45) is 3.51. The molecule has 1 amide bonds. The van der Waals surface area contributed by atoms with E-state index < -0.39 is 11.2 Å². The molecule has 0 radical (unpaired) electrons. The van der Waals surface area contributed by atoms with Crippen LogP contribution in [0.25, 0.3) is 0 Å². The van der Waals surface area contributed by atoms with Crippen LogP contribution in [0.15, 0.2) is 69.3 Å². The van der Waals surface area contributed by atoms with Crippen LogP contribution in [0, 0.1) is 0 Å². The summed E-state index contributed by atoms with van der Waals surface area (Å²) < 4.78 is 5.75. The van der Waals surface area contributed by atoms with Gasteiger partial charge in [-0.3, -0.25) is 14.6 Å². The van der Waals surface area contributed by atoms with E-state index in [0.29, 0.717) is 6.61 Å². The number of carbonyl (C=O) groups excluding carboxylic acids is 1. The van der Waals surface area contributed by atoms with Crippen molar-refractivity contribution in [2.24, 2.45) is 5.10 Å². The van der Waals surface area contributed by atoms with Crippen molar-refractivity contribution in [3.8, 4) is 5.75 Å². The molecule has 0 bridgehead atoms. The number of ether oxygens (including phenoxy) is 1. The summed E-state index contributed by atoms with van der Waals surface area (Å²) in [4.78, 5) is 36.3. The Morgan fingerprint density at radius 2 is 1.84 bits per heavy atom. The molecule has 0 saturated heterocycles. The van der Waals surface area contributed by atoms with Crippen molar-refractivity contribution < 1.29 is 9.53 Å². The molecular weight excluding hydrogens is 398 g/mol. The van der Waals surface area contributed by atoms with E-state index in [4.69, 9.17) is 4.74 Å². The molecule has 3 aromatic rings. The molecule has 0 aliphatic carbocycles. The first-order chi connectivity index (χ1) is 15.1. The van der Waals surface area contributed by atoms with E-state index in [9.17, 15) is 14.4 Å². The molecule has 0 aliphatic heterocycles. The van der Waals surface area contributed by atoms with Gasteiger partial charge in [-0.1, -0.05) is 30.3 Å². The van der Waals surface area contributed by atoms with Crippen molar-refractivity contribution in [1.29, 1.82) is 0 Å². The first-order valence-electron chi connectivity index (χ1n) is 9.87. The van der Waals surface area contributed by atoms with Gasteiger partial charge in [-0.2, -0.15) is 10.2 Å². The second-order valence-electron chi connectivity index (χ2n) is 6.75. The van der Waals surface area contributed by atoms with Crippen LogP contribution in [0.5, 0.6) is 5.75 Å². The third-order valence-corrected chi connectivity index (χ3v) is 4.37. The minimum atomic E-state index is -0.689. The van der Waals surface area contributed by atoms with Gasteiger partial charge < -0.3 is 4.74 Å². The van der Waals surface area contributed by atoms with Crippen LogP contribution in [0.3, 0.4) is 0 Å². The van der Waals surface area contributed by atoms with Crippen LogP contribution in [-0.2, 0) is 17.6 Å². The number of hydrazone groups is 1. The van der Waals surface area contributed by atoms with Gasteiger partial charge in [0.15, 0.2) is 0 Å². The SMILES string of the molecule is O=C(CCc1n[nH]c(=O)[nH]c1=O)N/N=C/c1ccc(OCCCc2ccccc2)cc1. The predicted molar refractivity (Wildman–Crippen MR) is 116 cm³/mol. The number of aromatic nitrogens is 3. The van der Waals surface area contributed by atoms with Crippen LogP contribution >= 0.6 is 0 Å². The molecule has 3 rings (SSSR count). The van der Waals surface area contributed by atoms with Gasteiger partial charge in [0.1, 0.15) is 11.4 Å². The zero-order valence-corrected chi connectivity index (χ0v) is 16.8. The topological polar surface area (TPSA) is 129 Å². The largest absolute Gasteiger partial charge is 0.494 e. The van der Waals surface area contributed by atoms with Gasteiger partial charge in [0.2, 0.25) is 5.91 Å². The normalized spacial score (nSPS) is 10.8. The fraction of sp³-hybridized carbons (Fsp3) is 0.227. The lowest BCUT2D eigenvalue weighted by Crippen LogP contribution is -2.28. The Balaban J connectivity index is 1.37. The number of aromatic amines is 2. The number of amides is 1. The second kappa shape index (κ2) is 11.2. The average Bonchev–Trinajstić information content (AvgIpc) is 2.78. The van der Waals surface area contributed by atoms with Crippen LogP contribution in [0.2, 0.25) is 0 Å². The highest BCUT2D eigenvalue weighted by atomic mass is 16.5. The number of H-pyrrole nitrogens is 2. The number of hydrogen-bond acceptors (Lipinski definition) is 6. The Morgan fingerprint density at radius 3 is 2.58 bits per heavy atom. The summed E-state index contributed by atoms with van der Waals surface area (Å²) >= 11 is 0. The molecule has 0 atom stereocenters. The second-order valence-corrected chi connectivity index (χ2v) is 6.75. The lowest BCUT2D eigenvalue weighted by atomic mass is 10.1. The van der Waals surface area contributed by atoms with E-state index in [0.717, 1.165) is 24.2 Å². The predicted octanol–water partition coefficient (Wildman–Crippen LogP) is 1.55. The third-order valence-electron chi connectivity index (χ3n) is 4.37. The number of benzene rings is 2. The number of nitrogens with one attached hydrogen (secondary N) is 3. The van der Waals surface area contributed by atoms with Gasteiger partial charge in [0, 0.05) is 12.8 Å². The maximum Gasteiger partial charge on any atom is 0.342 e. The lowest BCUT2D eigenvalue weighted by molar-refractivity contribution is -0.121. The first kappa shape index (κ1) is 21.7. The van der Waals surface area contributed by atoms with Crippen molar-refractivity contribution in [3.63, 3.8) is 0 Å². The van der Waals surface area contributed by atoms with Crippen molar-refractivity contribution in [1.82, 2.24) is 20.6 Å². The Hall–Kier alpha value is -4.01. The molecule has 160 valence electrons. The van der Waals surface area contributed by atoms with Crippen LogP contribution in [0.1, 0.15) is 29.7 Å². The first-order valence-corrected chi connectivity index (χ1v) is 9.87. The van der Waals surface area contributed by atoms with Gasteiger partial charge >= 0.3 is 5.69 Å². The summed E-state index contributed by atoms with van der Waals surface area (Å²) in [5.74, 6) is 0.398. The van der Waals surface area contributed by atoms with Crippen LogP contribution in [0.4, 0.5) is 0 Å². The number of carbonyl (C=O) groups is 1.